The van der Waals surface area contributed by atoms with E-state index in [2.05, 4.69) is 36.4 Å². The normalized spacial score (nSPS) is 12.4. The molecule has 6 nitrogen and oxygen atoms in total. The van der Waals surface area contributed by atoms with Crippen LogP contribution in [0.25, 0.3) is 0 Å². The van der Waals surface area contributed by atoms with Crippen LogP contribution >= 0.6 is 15.9 Å². The Hall–Kier alpha value is -1.63. The smallest absolute Gasteiger partial charge is 0.154 e. The number of anilines is 2. The molecular weight excluding hydrogens is 284 g/mol. The largest absolute Gasteiger partial charge is 0.396 e. The van der Waals surface area contributed by atoms with E-state index in [4.69, 9.17) is 5.73 Å². The molecule has 7 heteroatoms. The topological polar surface area (TPSA) is 81.7 Å². The lowest BCUT2D eigenvalue weighted by atomic mass is 10.2. The summed E-state index contributed by atoms with van der Waals surface area (Å²) in [4.78, 5) is 3.99. The number of nitrogens with zero attached hydrogens (tertiary/aromatic N) is 4. The van der Waals surface area contributed by atoms with E-state index < -0.39 is 0 Å². The molecule has 0 aromatic carbocycles. The van der Waals surface area contributed by atoms with Crippen LogP contribution in [-0.4, -0.2) is 19.7 Å². The summed E-state index contributed by atoms with van der Waals surface area (Å²) >= 11 is 3.41. The van der Waals surface area contributed by atoms with Crippen molar-refractivity contribution >= 4 is 27.3 Å². The van der Waals surface area contributed by atoms with E-state index in [0.717, 1.165) is 16.0 Å². The number of nitrogen functional groups attached to an aromatic ring is 1. The zero-order valence-electron chi connectivity index (χ0n) is 9.55. The van der Waals surface area contributed by atoms with Crippen molar-refractivity contribution in [3.8, 4) is 0 Å². The molecule has 0 bridgehead atoms. The van der Waals surface area contributed by atoms with Gasteiger partial charge in [-0.15, -0.1) is 10.2 Å². The van der Waals surface area contributed by atoms with Gasteiger partial charge in [-0.05, 0) is 22.9 Å². The van der Waals surface area contributed by atoms with Crippen LogP contribution in [0, 0.1) is 0 Å². The molecule has 0 radical (unpaired) electrons. The van der Waals surface area contributed by atoms with Gasteiger partial charge in [0.05, 0.1) is 28.1 Å². The second-order valence-corrected chi connectivity index (χ2v) is 4.61. The van der Waals surface area contributed by atoms with E-state index in [1.807, 2.05) is 18.5 Å². The molecular formula is C10H13BrN6. The van der Waals surface area contributed by atoms with Crippen molar-refractivity contribution in [2.75, 3.05) is 11.1 Å². The van der Waals surface area contributed by atoms with Crippen LogP contribution in [0.2, 0.25) is 0 Å². The van der Waals surface area contributed by atoms with E-state index in [9.17, 15) is 0 Å². The third-order valence-electron chi connectivity index (χ3n) is 2.42. The van der Waals surface area contributed by atoms with Gasteiger partial charge in [-0.25, -0.2) is 0 Å². The van der Waals surface area contributed by atoms with E-state index in [1.165, 1.54) is 0 Å². The second kappa shape index (κ2) is 4.70. The summed E-state index contributed by atoms with van der Waals surface area (Å²) in [5.41, 5.74) is 7.27. The molecule has 0 aliphatic carbocycles. The van der Waals surface area contributed by atoms with Gasteiger partial charge in [0, 0.05) is 13.2 Å². The summed E-state index contributed by atoms with van der Waals surface area (Å²) in [5, 5.41) is 11.2. The van der Waals surface area contributed by atoms with Crippen molar-refractivity contribution in [1.82, 2.24) is 19.7 Å². The lowest BCUT2D eigenvalue weighted by Crippen LogP contribution is -2.13. The molecule has 0 aliphatic rings. The van der Waals surface area contributed by atoms with Gasteiger partial charge in [-0.3, -0.25) is 4.98 Å². The molecule has 0 aliphatic heterocycles. The van der Waals surface area contributed by atoms with Crippen LogP contribution in [0.4, 0.5) is 11.4 Å². The van der Waals surface area contributed by atoms with Crippen molar-refractivity contribution in [1.29, 1.82) is 0 Å². The maximum absolute atomic E-state index is 5.86. The van der Waals surface area contributed by atoms with Crippen LogP contribution < -0.4 is 11.1 Å². The minimum Gasteiger partial charge on any atom is -0.396 e. The lowest BCUT2D eigenvalue weighted by molar-refractivity contribution is 0.719. The van der Waals surface area contributed by atoms with Crippen LogP contribution in [0.3, 0.4) is 0 Å². The van der Waals surface area contributed by atoms with Crippen molar-refractivity contribution in [3.05, 3.63) is 29.0 Å². The van der Waals surface area contributed by atoms with E-state index >= 15 is 0 Å². The van der Waals surface area contributed by atoms with Crippen molar-refractivity contribution in [2.24, 2.45) is 7.05 Å². The second-order valence-electron chi connectivity index (χ2n) is 3.75. The minimum atomic E-state index is 0.00324. The zero-order chi connectivity index (χ0) is 12.4. The molecule has 0 spiro atoms. The van der Waals surface area contributed by atoms with Gasteiger partial charge in [0.1, 0.15) is 6.33 Å². The Morgan fingerprint density at radius 3 is 2.82 bits per heavy atom. The first-order valence-electron chi connectivity index (χ1n) is 5.09. The average molecular weight is 297 g/mol. The number of hydrogen-bond acceptors (Lipinski definition) is 5. The van der Waals surface area contributed by atoms with Crippen LogP contribution in [0.1, 0.15) is 18.8 Å². The molecule has 2 aromatic heterocycles. The molecule has 0 amide bonds. The SMILES string of the molecule is CC(Nc1c(N)cncc1Br)c1nncn1C. The number of halogens is 1. The van der Waals surface area contributed by atoms with Gasteiger partial charge in [-0.1, -0.05) is 0 Å². The Labute approximate surface area is 107 Å². The first-order valence-corrected chi connectivity index (χ1v) is 5.88. The van der Waals surface area contributed by atoms with Crippen LogP contribution in [0.5, 0.6) is 0 Å². The summed E-state index contributed by atoms with van der Waals surface area (Å²) in [5.74, 6) is 0.841. The van der Waals surface area contributed by atoms with Gasteiger partial charge in [0.15, 0.2) is 5.82 Å². The van der Waals surface area contributed by atoms with Crippen molar-refractivity contribution in [3.63, 3.8) is 0 Å². The number of hydrogen-bond donors (Lipinski definition) is 2. The highest BCUT2D eigenvalue weighted by atomic mass is 79.9. The molecule has 90 valence electrons. The van der Waals surface area contributed by atoms with E-state index in [-0.39, 0.29) is 6.04 Å². The molecule has 0 saturated carbocycles. The quantitative estimate of drug-likeness (QED) is 0.901. The first kappa shape index (κ1) is 11.8. The summed E-state index contributed by atoms with van der Waals surface area (Å²) in [7, 11) is 1.90. The Morgan fingerprint density at radius 1 is 1.47 bits per heavy atom. The van der Waals surface area contributed by atoms with E-state index in [1.54, 1.807) is 18.7 Å². The first-order chi connectivity index (χ1) is 8.09. The standard InChI is InChI=1S/C10H13BrN6/c1-6(10-16-14-5-17(10)2)15-9-7(11)3-13-4-8(9)12/h3-6H,12H2,1-2H3,(H,13,15). The zero-order valence-corrected chi connectivity index (χ0v) is 11.1. The molecule has 17 heavy (non-hydrogen) atoms. The molecule has 0 saturated heterocycles. The summed E-state index contributed by atoms with van der Waals surface area (Å²) in [6.45, 7) is 2.00. The van der Waals surface area contributed by atoms with Crippen molar-refractivity contribution < 1.29 is 0 Å². The fraction of sp³-hybridized carbons (Fsp3) is 0.300. The highest BCUT2D eigenvalue weighted by molar-refractivity contribution is 9.10. The fourth-order valence-electron chi connectivity index (χ4n) is 1.57. The van der Waals surface area contributed by atoms with Gasteiger partial charge >= 0.3 is 0 Å². The molecule has 1 atom stereocenters. The summed E-state index contributed by atoms with van der Waals surface area (Å²) in [6.07, 6.45) is 4.97. The Bertz CT molecular complexity index is 503. The third kappa shape index (κ3) is 2.38. The third-order valence-corrected chi connectivity index (χ3v) is 3.02. The number of rotatable bonds is 3. The minimum absolute atomic E-state index is 0.00324. The van der Waals surface area contributed by atoms with Crippen LogP contribution in [-0.2, 0) is 7.05 Å². The van der Waals surface area contributed by atoms with Gasteiger partial charge in [-0.2, -0.15) is 0 Å². The van der Waals surface area contributed by atoms with Gasteiger partial charge in [0.25, 0.3) is 0 Å². The summed E-state index contributed by atoms with van der Waals surface area (Å²) < 4.78 is 2.69. The lowest BCUT2D eigenvalue weighted by Gasteiger charge is -2.16. The van der Waals surface area contributed by atoms with Gasteiger partial charge < -0.3 is 15.6 Å². The maximum atomic E-state index is 5.86. The molecule has 0 fully saturated rings. The number of nitrogens with one attached hydrogen (secondary N) is 1. The summed E-state index contributed by atoms with van der Waals surface area (Å²) in [6, 6.07) is 0.00324. The van der Waals surface area contributed by atoms with Crippen molar-refractivity contribution in [2.45, 2.75) is 13.0 Å². The highest BCUT2D eigenvalue weighted by Crippen LogP contribution is 2.30. The van der Waals surface area contributed by atoms with Crippen LogP contribution in [0.15, 0.2) is 23.2 Å². The number of aromatic nitrogens is 4. The Balaban J connectivity index is 2.25. The predicted octanol–water partition coefficient (Wildman–Crippen LogP) is 1.73. The fourth-order valence-corrected chi connectivity index (χ4v) is 2.03. The Kier molecular flexibility index (Phi) is 3.28. The maximum Gasteiger partial charge on any atom is 0.154 e. The molecule has 2 heterocycles. The number of nitrogens with two attached hydrogens (primary N) is 1. The molecule has 1 unspecified atom stereocenters. The average Bonchev–Trinajstić information content (AvgIpc) is 2.70. The molecule has 2 aromatic rings. The molecule has 2 rings (SSSR count). The Morgan fingerprint density at radius 2 is 2.24 bits per heavy atom. The number of aryl methyl sites for hydroxylation is 1. The highest BCUT2D eigenvalue weighted by Gasteiger charge is 2.14. The monoisotopic (exact) mass is 296 g/mol. The molecule has 3 N–H and O–H groups in total. The van der Waals surface area contributed by atoms with Gasteiger partial charge in [0.2, 0.25) is 0 Å². The van der Waals surface area contributed by atoms with E-state index in [0.29, 0.717) is 5.69 Å². The predicted molar refractivity (Wildman–Crippen MR) is 69.4 cm³/mol. The number of pyridine rings is 1.